The number of benzene rings is 3. The monoisotopic (exact) mass is 542 g/mol. The maximum Gasteiger partial charge on any atom is 0.197 e. The molecule has 0 fully saturated rings. The zero-order chi connectivity index (χ0) is 30.3. The van der Waals surface area contributed by atoms with Crippen molar-refractivity contribution in [3.8, 4) is 36.4 Å². The minimum atomic E-state index is -0.362. The van der Waals surface area contributed by atoms with Gasteiger partial charge in [0.05, 0.1) is 33.2 Å². The number of rotatable bonds is 2. The number of allylic oxidation sites excluding steroid dienone is 4. The number of aromatic nitrogens is 2. The van der Waals surface area contributed by atoms with Gasteiger partial charge in [-0.25, -0.2) is 0 Å². The number of aryl methyl sites for hydroxylation is 2. The SMILES string of the molecule is Cn1c2ccc(C(C#N)=C(C#N)C#N)cc2c(=O)c2cc3c(cc21)c(=O)c1cc(C(C#N)=C(C#N)C#N)ccc1n3C. The van der Waals surface area contributed by atoms with E-state index in [1.165, 1.54) is 12.1 Å². The van der Waals surface area contributed by atoms with Gasteiger partial charge in [0.2, 0.25) is 0 Å². The molecule has 2 heterocycles. The third-order valence-electron chi connectivity index (χ3n) is 7.28. The van der Waals surface area contributed by atoms with Gasteiger partial charge in [-0.05, 0) is 47.5 Å². The van der Waals surface area contributed by atoms with Crippen molar-refractivity contribution >= 4 is 54.8 Å². The van der Waals surface area contributed by atoms with Gasteiger partial charge in [0.15, 0.2) is 10.9 Å². The van der Waals surface area contributed by atoms with E-state index in [-0.39, 0.29) is 55.0 Å². The maximum atomic E-state index is 13.8. The maximum absolute atomic E-state index is 13.8. The molecule has 5 aromatic rings. The Morgan fingerprint density at radius 2 is 0.833 bits per heavy atom. The van der Waals surface area contributed by atoms with Crippen molar-refractivity contribution in [3.63, 3.8) is 0 Å². The van der Waals surface area contributed by atoms with E-state index in [1.54, 1.807) is 83.9 Å². The van der Waals surface area contributed by atoms with Crippen LogP contribution in [0.15, 0.2) is 69.3 Å². The molecule has 0 amide bonds. The van der Waals surface area contributed by atoms with Gasteiger partial charge in [0, 0.05) is 35.6 Å². The zero-order valence-corrected chi connectivity index (χ0v) is 22.0. The lowest BCUT2D eigenvalue weighted by Crippen LogP contribution is -2.14. The molecular weight excluding hydrogens is 528 g/mol. The van der Waals surface area contributed by atoms with Crippen LogP contribution in [-0.2, 0) is 14.1 Å². The average molecular weight is 543 g/mol. The zero-order valence-electron chi connectivity index (χ0n) is 22.0. The largest absolute Gasteiger partial charge is 0.343 e. The summed E-state index contributed by atoms with van der Waals surface area (Å²) < 4.78 is 3.48. The van der Waals surface area contributed by atoms with Crippen molar-refractivity contribution in [2.75, 3.05) is 0 Å². The Balaban J connectivity index is 1.88. The summed E-state index contributed by atoms with van der Waals surface area (Å²) in [6.45, 7) is 0. The molecule has 0 aliphatic heterocycles. The van der Waals surface area contributed by atoms with E-state index in [0.29, 0.717) is 32.8 Å². The number of nitrogens with zero attached hydrogens (tertiary/aromatic N) is 8. The van der Waals surface area contributed by atoms with Gasteiger partial charge in [-0.15, -0.1) is 0 Å². The first-order chi connectivity index (χ1) is 20.2. The van der Waals surface area contributed by atoms with Crippen LogP contribution in [0.1, 0.15) is 11.1 Å². The molecule has 0 unspecified atom stereocenters. The average Bonchev–Trinajstić information content (AvgIpc) is 3.02. The number of pyridine rings is 2. The van der Waals surface area contributed by atoms with Crippen molar-refractivity contribution in [3.05, 3.63) is 91.3 Å². The first-order valence-electron chi connectivity index (χ1n) is 12.2. The van der Waals surface area contributed by atoms with Gasteiger partial charge in [0.1, 0.15) is 47.6 Å². The fourth-order valence-electron chi connectivity index (χ4n) is 5.18. The topological polar surface area (TPSA) is 187 Å². The smallest absolute Gasteiger partial charge is 0.197 e. The summed E-state index contributed by atoms with van der Waals surface area (Å²) in [4.78, 5) is 27.5. The highest BCUT2D eigenvalue weighted by Crippen LogP contribution is 2.28. The summed E-state index contributed by atoms with van der Waals surface area (Å²) >= 11 is 0. The summed E-state index contributed by atoms with van der Waals surface area (Å²) in [5.74, 6) is 0. The van der Waals surface area contributed by atoms with Crippen LogP contribution in [0.4, 0.5) is 0 Å². The minimum Gasteiger partial charge on any atom is -0.343 e. The Morgan fingerprint density at radius 1 is 0.500 bits per heavy atom. The molecule has 10 nitrogen and oxygen atoms in total. The van der Waals surface area contributed by atoms with Gasteiger partial charge in [-0.1, -0.05) is 12.1 Å². The number of fused-ring (bicyclic) bond motifs is 4. The molecule has 194 valence electrons. The van der Waals surface area contributed by atoms with Crippen LogP contribution in [0, 0.1) is 68.0 Å². The highest BCUT2D eigenvalue weighted by atomic mass is 16.1. The number of hydrogen-bond donors (Lipinski definition) is 0. The van der Waals surface area contributed by atoms with Crippen LogP contribution in [0.25, 0.3) is 54.8 Å². The van der Waals surface area contributed by atoms with Gasteiger partial charge < -0.3 is 9.13 Å². The minimum absolute atomic E-state index is 0.137. The van der Waals surface area contributed by atoms with E-state index in [4.69, 9.17) is 0 Å². The van der Waals surface area contributed by atoms with Crippen molar-refractivity contribution in [2.24, 2.45) is 14.1 Å². The Bertz CT molecular complexity index is 2330. The van der Waals surface area contributed by atoms with Crippen LogP contribution >= 0.6 is 0 Å². The quantitative estimate of drug-likeness (QED) is 0.232. The summed E-state index contributed by atoms with van der Waals surface area (Å²) in [6.07, 6.45) is 0. The van der Waals surface area contributed by atoms with E-state index >= 15 is 0 Å². The Labute approximate surface area is 237 Å². The summed E-state index contributed by atoms with van der Waals surface area (Å²) in [5, 5.41) is 57.3. The van der Waals surface area contributed by atoms with Crippen molar-refractivity contribution in [1.82, 2.24) is 9.13 Å². The summed E-state index contributed by atoms with van der Waals surface area (Å²) in [5.41, 5.74) is 0.763. The second kappa shape index (κ2) is 9.96. The second-order valence-electron chi connectivity index (χ2n) is 9.30. The van der Waals surface area contributed by atoms with Crippen LogP contribution in [0.3, 0.4) is 0 Å². The molecule has 0 saturated carbocycles. The van der Waals surface area contributed by atoms with Crippen LogP contribution in [-0.4, -0.2) is 9.13 Å². The van der Waals surface area contributed by atoms with Gasteiger partial charge >= 0.3 is 0 Å². The normalized spacial score (nSPS) is 10.2. The summed E-state index contributed by atoms with van der Waals surface area (Å²) in [7, 11) is 3.46. The molecule has 0 N–H and O–H groups in total. The van der Waals surface area contributed by atoms with Crippen molar-refractivity contribution in [2.45, 2.75) is 0 Å². The Hall–Kier alpha value is -6.98. The molecule has 0 spiro atoms. The molecule has 0 aliphatic rings. The molecule has 2 aromatic heterocycles. The third-order valence-corrected chi connectivity index (χ3v) is 7.28. The lowest BCUT2D eigenvalue weighted by Gasteiger charge is -2.15. The fourth-order valence-corrected chi connectivity index (χ4v) is 5.18. The Morgan fingerprint density at radius 3 is 1.14 bits per heavy atom. The third kappa shape index (κ3) is 3.75. The lowest BCUT2D eigenvalue weighted by atomic mass is 9.97. The highest BCUT2D eigenvalue weighted by Gasteiger charge is 2.18. The van der Waals surface area contributed by atoms with E-state index < -0.39 is 0 Å². The van der Waals surface area contributed by atoms with Crippen LogP contribution in [0.2, 0.25) is 0 Å². The molecule has 5 rings (SSSR count). The van der Waals surface area contributed by atoms with Crippen LogP contribution in [0.5, 0.6) is 0 Å². The molecule has 0 bridgehead atoms. The molecule has 0 radical (unpaired) electrons. The lowest BCUT2D eigenvalue weighted by molar-refractivity contribution is 0.993. The predicted octanol–water partition coefficient (Wildman–Crippen LogP) is 4.35. The molecule has 0 saturated heterocycles. The molecule has 42 heavy (non-hydrogen) atoms. The predicted molar refractivity (Wildman–Crippen MR) is 154 cm³/mol. The first-order valence-corrected chi connectivity index (χ1v) is 12.2. The molecular formula is C32H14N8O2. The molecule has 10 heteroatoms. The van der Waals surface area contributed by atoms with E-state index in [2.05, 4.69) is 0 Å². The van der Waals surface area contributed by atoms with E-state index in [9.17, 15) is 41.2 Å². The fraction of sp³-hybridized carbons (Fsp3) is 0.0625. The number of hydrogen-bond acceptors (Lipinski definition) is 8. The van der Waals surface area contributed by atoms with Gasteiger partial charge in [-0.2, -0.15) is 31.6 Å². The molecule has 0 atom stereocenters. The number of nitriles is 6. The first kappa shape index (κ1) is 26.6. The van der Waals surface area contributed by atoms with Crippen LogP contribution < -0.4 is 10.9 Å². The van der Waals surface area contributed by atoms with Gasteiger partial charge in [0.25, 0.3) is 0 Å². The van der Waals surface area contributed by atoms with Crippen molar-refractivity contribution < 1.29 is 0 Å². The van der Waals surface area contributed by atoms with Crippen molar-refractivity contribution in [1.29, 1.82) is 31.6 Å². The van der Waals surface area contributed by atoms with Gasteiger partial charge in [-0.3, -0.25) is 9.59 Å². The molecule has 3 aromatic carbocycles. The molecule has 0 aliphatic carbocycles. The summed E-state index contributed by atoms with van der Waals surface area (Å²) in [6, 6.07) is 23.1. The second-order valence-corrected chi connectivity index (χ2v) is 9.30. The standard InChI is InChI=1S/C32H14N8O2/c1-39-27-5-3-17(25(15-37)19(11-33)12-34)7-21(27)31(41)23-10-30-24(9-29(23)39)32(42)22-8-18(4-6-28(22)40(30)2)26(16-38)20(13-35)14-36/h3-10H,1-2H3. The highest BCUT2D eigenvalue weighted by molar-refractivity contribution is 6.05. The Kier molecular flexibility index (Phi) is 6.31. The van der Waals surface area contributed by atoms with E-state index in [1.807, 2.05) is 12.1 Å². The van der Waals surface area contributed by atoms with E-state index in [0.717, 1.165) is 0 Å².